The minimum absolute atomic E-state index is 0.0204. The van der Waals surface area contributed by atoms with Crippen molar-refractivity contribution in [1.29, 1.82) is 0 Å². The van der Waals surface area contributed by atoms with Crippen molar-refractivity contribution < 1.29 is 13.9 Å². The second-order valence-corrected chi connectivity index (χ2v) is 12.0. The fourth-order valence-corrected chi connectivity index (χ4v) is 5.83. The highest BCUT2D eigenvalue weighted by Gasteiger charge is 2.28. The van der Waals surface area contributed by atoms with Gasteiger partial charge in [0, 0.05) is 45.0 Å². The van der Waals surface area contributed by atoms with Gasteiger partial charge < -0.3 is 30.2 Å². The van der Waals surface area contributed by atoms with Gasteiger partial charge >= 0.3 is 0 Å². The van der Waals surface area contributed by atoms with Crippen LogP contribution in [-0.2, 0) is 22.8 Å². The topological polar surface area (TPSA) is 124 Å². The number of anilines is 2. The molecule has 240 valence electrons. The largest absolute Gasteiger partial charge is 0.359 e. The van der Waals surface area contributed by atoms with Crippen molar-refractivity contribution in [3.63, 3.8) is 0 Å². The van der Waals surface area contributed by atoms with Crippen molar-refractivity contribution >= 4 is 28.8 Å². The summed E-state index contributed by atoms with van der Waals surface area (Å²) in [5.41, 5.74) is 8.69. The zero-order chi connectivity index (χ0) is 31.9. The highest BCUT2D eigenvalue weighted by molar-refractivity contribution is 5.81. The number of aromatic nitrogens is 4. The molecule has 0 saturated carbocycles. The van der Waals surface area contributed by atoms with Crippen LogP contribution >= 0.6 is 0 Å². The number of para-hydroxylation sites is 2. The molecule has 0 spiro atoms. The maximum absolute atomic E-state index is 13.6. The van der Waals surface area contributed by atoms with E-state index in [1.807, 2.05) is 51.2 Å². The van der Waals surface area contributed by atoms with Crippen molar-refractivity contribution in [3.8, 4) is 0 Å². The van der Waals surface area contributed by atoms with E-state index in [2.05, 4.69) is 30.7 Å². The number of nitrogens with zero attached hydrogens (tertiary/aromatic N) is 6. The second kappa shape index (κ2) is 14.7. The third-order valence-corrected chi connectivity index (χ3v) is 8.24. The first-order chi connectivity index (χ1) is 21.7. The van der Waals surface area contributed by atoms with Gasteiger partial charge in [0.25, 0.3) is 5.56 Å². The van der Waals surface area contributed by atoms with Gasteiger partial charge in [-0.3, -0.25) is 14.2 Å². The molecule has 2 aromatic heterocycles. The van der Waals surface area contributed by atoms with Crippen LogP contribution in [0.15, 0.2) is 65.6 Å². The Hall–Kier alpha value is -4.29. The van der Waals surface area contributed by atoms with Crippen molar-refractivity contribution in [3.05, 3.63) is 82.5 Å². The van der Waals surface area contributed by atoms with Gasteiger partial charge in [-0.2, -0.15) is 0 Å². The zero-order valence-corrected chi connectivity index (χ0v) is 26.2. The molecule has 1 unspecified atom stereocenters. The number of halogens is 1. The molecular formula is C33H43FN8O3. The van der Waals surface area contributed by atoms with Crippen molar-refractivity contribution in [1.82, 2.24) is 24.4 Å². The minimum Gasteiger partial charge on any atom is -0.359 e. The Morgan fingerprint density at radius 2 is 1.84 bits per heavy atom. The van der Waals surface area contributed by atoms with Crippen LogP contribution in [0.5, 0.6) is 0 Å². The molecule has 1 aliphatic heterocycles. The molecule has 0 bridgehead atoms. The van der Waals surface area contributed by atoms with Gasteiger partial charge in [-0.05, 0) is 55.0 Å². The Kier molecular flexibility index (Phi) is 10.5. The summed E-state index contributed by atoms with van der Waals surface area (Å²) in [5.74, 6) is 1.30. The molecule has 1 aliphatic rings. The first-order valence-corrected chi connectivity index (χ1v) is 15.6. The number of rotatable bonds is 13. The maximum Gasteiger partial charge on any atom is 0.256 e. The lowest BCUT2D eigenvalue weighted by molar-refractivity contribution is -0.123. The predicted molar refractivity (Wildman–Crippen MR) is 174 cm³/mol. The predicted octanol–water partition coefficient (Wildman–Crippen LogP) is 3.35. The molecule has 3 N–H and O–H groups in total. The number of piperidine rings is 1. The normalized spacial score (nSPS) is 14.7. The zero-order valence-electron chi connectivity index (χ0n) is 26.2. The smallest absolute Gasteiger partial charge is 0.256 e. The molecule has 11 nitrogen and oxygen atoms in total. The highest BCUT2D eigenvalue weighted by Crippen LogP contribution is 2.28. The number of nitrogens with two attached hydrogens (primary N) is 1. The first kappa shape index (κ1) is 32.1. The average molecular weight is 619 g/mol. The summed E-state index contributed by atoms with van der Waals surface area (Å²) in [7, 11) is 1.96. The van der Waals surface area contributed by atoms with Crippen molar-refractivity contribution in [2.45, 2.75) is 58.5 Å². The van der Waals surface area contributed by atoms with Gasteiger partial charge in [-0.15, -0.1) is 0 Å². The fourth-order valence-electron chi connectivity index (χ4n) is 5.83. The molecule has 2 aromatic carbocycles. The summed E-state index contributed by atoms with van der Waals surface area (Å²) >= 11 is 0. The third kappa shape index (κ3) is 7.87. The Labute approximate surface area is 262 Å². The van der Waals surface area contributed by atoms with Crippen LogP contribution in [0, 0.1) is 11.7 Å². The van der Waals surface area contributed by atoms with Crippen LogP contribution in [0.1, 0.15) is 38.7 Å². The number of ether oxygens (including phenoxy) is 1. The summed E-state index contributed by atoms with van der Waals surface area (Å²) < 4.78 is 23.0. The number of fused-ring (bicyclic) bond motifs is 1. The molecule has 0 radical (unpaired) electrons. The lowest BCUT2D eigenvalue weighted by Gasteiger charge is -2.38. The van der Waals surface area contributed by atoms with E-state index in [1.54, 1.807) is 0 Å². The van der Waals surface area contributed by atoms with Crippen molar-refractivity contribution in [2.24, 2.45) is 11.7 Å². The van der Waals surface area contributed by atoms with E-state index in [9.17, 15) is 14.0 Å². The SMILES string of the molecule is CC(C)CC(N)C(=O)NCCOCn1c(N(C)C2CCN(c3nc4ccccc4n3Cc3ccc(F)cc3)CC2)nccc1=O. The molecule has 1 amide bonds. The van der Waals surface area contributed by atoms with Gasteiger partial charge in [0.15, 0.2) is 0 Å². The van der Waals surface area contributed by atoms with E-state index < -0.39 is 6.04 Å². The number of carbonyl (C=O) groups excluding carboxylic acids is 1. The Balaban J connectivity index is 1.21. The molecule has 3 heterocycles. The Morgan fingerprint density at radius 3 is 2.58 bits per heavy atom. The lowest BCUT2D eigenvalue weighted by atomic mass is 10.0. The molecule has 4 aromatic rings. The van der Waals surface area contributed by atoms with Crippen LogP contribution < -0.4 is 26.4 Å². The quantitative estimate of drug-likeness (QED) is 0.219. The molecule has 12 heteroatoms. The van der Waals surface area contributed by atoms with Crippen LogP contribution in [-0.4, -0.2) is 70.4 Å². The first-order valence-electron chi connectivity index (χ1n) is 15.6. The van der Waals surface area contributed by atoms with E-state index in [1.165, 1.54) is 29.0 Å². The van der Waals surface area contributed by atoms with Crippen LogP contribution in [0.4, 0.5) is 16.3 Å². The number of hydrogen-bond acceptors (Lipinski definition) is 8. The van der Waals surface area contributed by atoms with Gasteiger partial charge in [0.1, 0.15) is 12.5 Å². The van der Waals surface area contributed by atoms with Crippen LogP contribution in [0.2, 0.25) is 0 Å². The summed E-state index contributed by atoms with van der Waals surface area (Å²) in [4.78, 5) is 38.8. The standard InChI is InChI=1S/C33H43FN8O3/c1-23(2)20-27(35)31(44)36-16-19-45-22-42-30(43)12-15-37-32(42)39(3)26-13-17-40(18-14-26)33-38-28-6-4-5-7-29(28)41(33)21-24-8-10-25(34)11-9-24/h4-12,15,23,26-27H,13-14,16-22,35H2,1-3H3,(H,36,44). The van der Waals surface area contributed by atoms with E-state index in [0.29, 0.717) is 31.4 Å². The van der Waals surface area contributed by atoms with E-state index >= 15 is 0 Å². The fraction of sp³-hybridized carbons (Fsp3) is 0.455. The van der Waals surface area contributed by atoms with Crippen molar-refractivity contribution in [2.75, 3.05) is 43.1 Å². The van der Waals surface area contributed by atoms with Crippen LogP contribution in [0.3, 0.4) is 0 Å². The molecule has 1 fully saturated rings. The number of imidazole rings is 1. The van der Waals surface area contributed by atoms with Crippen LogP contribution in [0.25, 0.3) is 11.0 Å². The summed E-state index contributed by atoms with van der Waals surface area (Å²) in [6.07, 6.45) is 3.81. The summed E-state index contributed by atoms with van der Waals surface area (Å²) in [6, 6.07) is 15.7. The molecular weight excluding hydrogens is 575 g/mol. The molecule has 1 atom stereocenters. The number of amides is 1. The van der Waals surface area contributed by atoms with E-state index in [-0.39, 0.29) is 36.7 Å². The number of hydrogen-bond donors (Lipinski definition) is 2. The molecule has 1 saturated heterocycles. The molecule has 5 rings (SSSR count). The maximum atomic E-state index is 13.6. The summed E-state index contributed by atoms with van der Waals surface area (Å²) in [6.45, 7) is 6.74. The summed E-state index contributed by atoms with van der Waals surface area (Å²) in [5, 5.41) is 2.79. The Bertz CT molecular complexity index is 1630. The minimum atomic E-state index is -0.549. The average Bonchev–Trinajstić information content (AvgIpc) is 3.40. The highest BCUT2D eigenvalue weighted by atomic mass is 19.1. The van der Waals surface area contributed by atoms with Gasteiger partial charge in [-0.25, -0.2) is 14.4 Å². The number of carbonyl (C=O) groups is 1. The van der Waals surface area contributed by atoms with E-state index in [0.717, 1.165) is 48.5 Å². The molecule has 0 aliphatic carbocycles. The van der Waals surface area contributed by atoms with Gasteiger partial charge in [0.05, 0.1) is 30.2 Å². The molecule has 45 heavy (non-hydrogen) atoms. The number of benzene rings is 2. The van der Waals surface area contributed by atoms with Gasteiger partial charge in [0.2, 0.25) is 17.8 Å². The number of nitrogens with one attached hydrogen (secondary N) is 1. The van der Waals surface area contributed by atoms with E-state index in [4.69, 9.17) is 15.5 Å². The lowest BCUT2D eigenvalue weighted by Crippen LogP contribution is -2.46. The monoisotopic (exact) mass is 618 g/mol. The second-order valence-electron chi connectivity index (χ2n) is 12.0. The Morgan fingerprint density at radius 1 is 1.11 bits per heavy atom. The third-order valence-electron chi connectivity index (χ3n) is 8.24. The van der Waals surface area contributed by atoms with Gasteiger partial charge in [-0.1, -0.05) is 38.1 Å².